The van der Waals surface area contributed by atoms with Crippen molar-refractivity contribution in [3.05, 3.63) is 66.0 Å². The van der Waals surface area contributed by atoms with Crippen molar-refractivity contribution >= 4 is 17.5 Å². The molecule has 0 aliphatic rings. The maximum Gasteiger partial charge on any atom is 0.229 e. The molecule has 0 aliphatic heterocycles. The number of aromatic nitrogens is 5. The summed E-state index contributed by atoms with van der Waals surface area (Å²) in [7, 11) is 0. The molecule has 5 N–H and O–H groups in total. The summed E-state index contributed by atoms with van der Waals surface area (Å²) in [5, 5.41) is 39.5. The molecule has 10 heteroatoms. The van der Waals surface area contributed by atoms with Crippen LogP contribution in [-0.4, -0.2) is 65.2 Å². The minimum atomic E-state index is -1.16. The molecule has 2 atom stereocenters. The highest BCUT2D eigenvalue weighted by molar-refractivity contribution is 5.59. The Labute approximate surface area is 197 Å². The van der Waals surface area contributed by atoms with E-state index in [1.807, 2.05) is 42.5 Å². The van der Waals surface area contributed by atoms with Gasteiger partial charge in [0.05, 0.1) is 37.3 Å². The molecule has 10 nitrogen and oxygen atoms in total. The fraction of sp³-hybridized carbons (Fsp3) is 0.333. The average molecular weight is 464 g/mol. The standard InChI is InChI=1S/C24H29N7O3/c1-15(2)18-12-27-31-22(18)29-23(28-20(13-32)21(34)14-33)30-24(31)26-11-16-6-8-17(9-7-16)19-5-3-4-10-25-19/h3-10,12,15,20-21,32-34H,11,13-14H2,1-2H3,(H2,26,28,29,30)/t20-,21+/m0/s1. The second-order valence-corrected chi connectivity index (χ2v) is 8.31. The number of pyridine rings is 1. The molecule has 4 aromatic rings. The molecule has 1 aromatic carbocycles. The topological polar surface area (TPSA) is 141 Å². The minimum absolute atomic E-state index is 0.184. The Morgan fingerprint density at radius 1 is 1.00 bits per heavy atom. The van der Waals surface area contributed by atoms with Crippen molar-refractivity contribution in [3.63, 3.8) is 0 Å². The summed E-state index contributed by atoms with van der Waals surface area (Å²) in [6.45, 7) is 3.71. The van der Waals surface area contributed by atoms with Gasteiger partial charge in [-0.15, -0.1) is 0 Å². The summed E-state index contributed by atoms with van der Waals surface area (Å²) in [6.07, 6.45) is 2.37. The molecule has 0 radical (unpaired) electrons. The minimum Gasteiger partial charge on any atom is -0.394 e. The highest BCUT2D eigenvalue weighted by Crippen LogP contribution is 2.23. The third-order valence-corrected chi connectivity index (χ3v) is 5.55. The normalized spacial score (nSPS) is 13.2. The largest absolute Gasteiger partial charge is 0.394 e. The van der Waals surface area contributed by atoms with Gasteiger partial charge in [-0.25, -0.2) is 0 Å². The van der Waals surface area contributed by atoms with Gasteiger partial charge in [-0.05, 0) is 23.6 Å². The van der Waals surface area contributed by atoms with Gasteiger partial charge in [0.2, 0.25) is 11.9 Å². The third kappa shape index (κ3) is 5.14. The van der Waals surface area contributed by atoms with Gasteiger partial charge in [0.25, 0.3) is 0 Å². The second-order valence-electron chi connectivity index (χ2n) is 8.31. The lowest BCUT2D eigenvalue weighted by Gasteiger charge is -2.21. The quantitative estimate of drug-likeness (QED) is 0.239. The van der Waals surface area contributed by atoms with Crippen LogP contribution in [0.1, 0.15) is 30.9 Å². The van der Waals surface area contributed by atoms with Crippen LogP contribution in [0, 0.1) is 0 Å². The molecule has 0 saturated carbocycles. The van der Waals surface area contributed by atoms with Crippen molar-refractivity contribution in [1.82, 2.24) is 24.6 Å². The maximum absolute atomic E-state index is 9.96. The number of rotatable bonds is 10. The SMILES string of the molecule is CC(C)c1cnn2c(NCc3ccc(-c4ccccn4)cc3)nc(N[C@@H](CO)[C@H](O)CO)nc12. The Morgan fingerprint density at radius 2 is 1.79 bits per heavy atom. The van der Waals surface area contributed by atoms with Crippen LogP contribution in [0.25, 0.3) is 16.9 Å². The van der Waals surface area contributed by atoms with Crippen molar-refractivity contribution in [2.24, 2.45) is 0 Å². The van der Waals surface area contributed by atoms with E-state index in [1.54, 1.807) is 16.9 Å². The summed E-state index contributed by atoms with van der Waals surface area (Å²) in [5.74, 6) is 0.863. The number of anilines is 2. The summed E-state index contributed by atoms with van der Waals surface area (Å²) < 4.78 is 1.64. The van der Waals surface area contributed by atoms with Crippen molar-refractivity contribution < 1.29 is 15.3 Å². The molecule has 3 heterocycles. The van der Waals surface area contributed by atoms with Crippen LogP contribution < -0.4 is 10.6 Å². The number of aliphatic hydroxyl groups excluding tert-OH is 3. The van der Waals surface area contributed by atoms with E-state index in [0.717, 1.165) is 22.4 Å². The van der Waals surface area contributed by atoms with Gasteiger partial charge in [0, 0.05) is 23.9 Å². The van der Waals surface area contributed by atoms with Crippen molar-refractivity contribution in [2.45, 2.75) is 38.5 Å². The molecule has 0 saturated heterocycles. The van der Waals surface area contributed by atoms with Gasteiger partial charge in [-0.2, -0.15) is 19.6 Å². The molecule has 0 bridgehead atoms. The molecular weight excluding hydrogens is 434 g/mol. The zero-order valence-corrected chi connectivity index (χ0v) is 19.1. The van der Waals surface area contributed by atoms with Gasteiger partial charge < -0.3 is 26.0 Å². The fourth-order valence-corrected chi connectivity index (χ4v) is 3.55. The number of benzene rings is 1. The van der Waals surface area contributed by atoms with Gasteiger partial charge >= 0.3 is 0 Å². The van der Waals surface area contributed by atoms with Crippen LogP contribution in [0.15, 0.2) is 54.9 Å². The Kier molecular flexibility index (Phi) is 7.31. The van der Waals surface area contributed by atoms with E-state index in [9.17, 15) is 15.3 Å². The fourth-order valence-electron chi connectivity index (χ4n) is 3.55. The summed E-state index contributed by atoms with van der Waals surface area (Å²) >= 11 is 0. The highest BCUT2D eigenvalue weighted by atomic mass is 16.3. The summed E-state index contributed by atoms with van der Waals surface area (Å²) in [6, 6.07) is 13.1. The lowest BCUT2D eigenvalue weighted by Crippen LogP contribution is -2.39. The first-order chi connectivity index (χ1) is 16.5. The predicted octanol–water partition coefficient (Wildman–Crippen LogP) is 2.05. The van der Waals surface area contributed by atoms with Gasteiger partial charge in [0.1, 0.15) is 0 Å². The first-order valence-electron chi connectivity index (χ1n) is 11.2. The van der Waals surface area contributed by atoms with Crippen LogP contribution in [-0.2, 0) is 6.54 Å². The van der Waals surface area contributed by atoms with E-state index in [2.05, 4.69) is 44.5 Å². The zero-order chi connectivity index (χ0) is 24.1. The number of hydrogen-bond acceptors (Lipinski definition) is 9. The van der Waals surface area contributed by atoms with Gasteiger partial charge in [0.15, 0.2) is 5.65 Å². The molecule has 0 amide bonds. The number of fused-ring (bicyclic) bond motifs is 1. The van der Waals surface area contributed by atoms with Crippen molar-refractivity contribution in [3.8, 4) is 11.3 Å². The van der Waals surface area contributed by atoms with E-state index in [1.165, 1.54) is 0 Å². The molecule has 0 unspecified atom stereocenters. The highest BCUT2D eigenvalue weighted by Gasteiger charge is 2.21. The first-order valence-corrected chi connectivity index (χ1v) is 11.2. The van der Waals surface area contributed by atoms with Crippen LogP contribution in [0.2, 0.25) is 0 Å². The van der Waals surface area contributed by atoms with E-state index >= 15 is 0 Å². The monoisotopic (exact) mass is 463 g/mol. The van der Waals surface area contributed by atoms with Crippen LogP contribution in [0.5, 0.6) is 0 Å². The Balaban J connectivity index is 1.59. The average Bonchev–Trinajstić information content (AvgIpc) is 3.30. The van der Waals surface area contributed by atoms with Gasteiger partial charge in [-0.1, -0.05) is 44.2 Å². The van der Waals surface area contributed by atoms with Gasteiger partial charge in [-0.3, -0.25) is 4.98 Å². The zero-order valence-electron chi connectivity index (χ0n) is 19.1. The summed E-state index contributed by atoms with van der Waals surface area (Å²) in [4.78, 5) is 13.4. The molecule has 4 rings (SSSR count). The van der Waals surface area contributed by atoms with Crippen molar-refractivity contribution in [1.29, 1.82) is 0 Å². The number of hydrogen-bond donors (Lipinski definition) is 5. The Hall–Kier alpha value is -3.60. The molecule has 3 aromatic heterocycles. The van der Waals surface area contributed by atoms with Crippen LogP contribution in [0.4, 0.5) is 11.9 Å². The molecule has 0 spiro atoms. The number of nitrogens with one attached hydrogen (secondary N) is 2. The van der Waals surface area contributed by atoms with E-state index in [-0.39, 0.29) is 11.9 Å². The van der Waals surface area contributed by atoms with E-state index in [0.29, 0.717) is 18.1 Å². The molecule has 0 fully saturated rings. The molecular formula is C24H29N7O3. The molecule has 0 aliphatic carbocycles. The van der Waals surface area contributed by atoms with E-state index in [4.69, 9.17) is 0 Å². The lowest BCUT2D eigenvalue weighted by molar-refractivity contribution is 0.0610. The molecule has 178 valence electrons. The summed E-state index contributed by atoms with van der Waals surface area (Å²) in [5.41, 5.74) is 4.55. The Morgan fingerprint density at radius 3 is 2.44 bits per heavy atom. The Bertz CT molecular complexity index is 1210. The van der Waals surface area contributed by atoms with E-state index < -0.39 is 25.4 Å². The van der Waals surface area contributed by atoms with Crippen LogP contribution >= 0.6 is 0 Å². The number of aliphatic hydroxyl groups is 3. The smallest absolute Gasteiger partial charge is 0.229 e. The maximum atomic E-state index is 9.96. The number of nitrogens with zero attached hydrogens (tertiary/aromatic N) is 5. The molecule has 34 heavy (non-hydrogen) atoms. The van der Waals surface area contributed by atoms with Crippen LogP contribution in [0.3, 0.4) is 0 Å². The first kappa shape index (κ1) is 23.6. The third-order valence-electron chi connectivity index (χ3n) is 5.55. The lowest BCUT2D eigenvalue weighted by atomic mass is 10.1. The predicted molar refractivity (Wildman–Crippen MR) is 129 cm³/mol. The second kappa shape index (κ2) is 10.6. The van der Waals surface area contributed by atoms with Crippen molar-refractivity contribution in [2.75, 3.05) is 23.8 Å².